The van der Waals surface area contributed by atoms with Crippen LogP contribution in [0.15, 0.2) is 12.5 Å². The van der Waals surface area contributed by atoms with Crippen LogP contribution in [0.2, 0.25) is 0 Å². The molecule has 0 aromatic carbocycles. The summed E-state index contributed by atoms with van der Waals surface area (Å²) >= 11 is 0. The quantitative estimate of drug-likeness (QED) is 0.779. The zero-order chi connectivity index (χ0) is 9.97. The summed E-state index contributed by atoms with van der Waals surface area (Å²) in [5.74, 6) is 0.759. The Labute approximate surface area is 84.8 Å². The molecule has 1 aliphatic rings. The van der Waals surface area contributed by atoms with Crippen molar-refractivity contribution in [3.63, 3.8) is 0 Å². The molecule has 0 radical (unpaired) electrons. The van der Waals surface area contributed by atoms with Gasteiger partial charge in [-0.3, -0.25) is 0 Å². The number of aryl methyl sites for hydroxylation is 1. The molecular formula is C11H18N2O. The molecule has 1 unspecified atom stereocenters. The van der Waals surface area contributed by atoms with Gasteiger partial charge in [-0.15, -0.1) is 0 Å². The van der Waals surface area contributed by atoms with Crippen LogP contribution in [-0.4, -0.2) is 14.7 Å². The third-order valence-electron chi connectivity index (χ3n) is 2.80. The molecule has 14 heavy (non-hydrogen) atoms. The third-order valence-corrected chi connectivity index (χ3v) is 2.80. The highest BCUT2D eigenvalue weighted by atomic mass is 16.3. The van der Waals surface area contributed by atoms with E-state index in [0.29, 0.717) is 0 Å². The van der Waals surface area contributed by atoms with Crippen molar-refractivity contribution in [1.82, 2.24) is 9.55 Å². The van der Waals surface area contributed by atoms with Crippen molar-refractivity contribution in [2.75, 3.05) is 0 Å². The fourth-order valence-electron chi connectivity index (χ4n) is 1.83. The van der Waals surface area contributed by atoms with E-state index in [1.807, 2.05) is 6.33 Å². The summed E-state index contributed by atoms with van der Waals surface area (Å²) < 4.78 is 2.06. The Morgan fingerprint density at radius 1 is 1.64 bits per heavy atom. The van der Waals surface area contributed by atoms with E-state index in [1.54, 1.807) is 6.20 Å². The number of rotatable bonds is 5. The van der Waals surface area contributed by atoms with Gasteiger partial charge in [-0.05, 0) is 18.8 Å². The molecule has 1 heterocycles. The average Bonchev–Trinajstić information content (AvgIpc) is 2.83. The molecule has 1 fully saturated rings. The van der Waals surface area contributed by atoms with Crippen LogP contribution in [0.25, 0.3) is 0 Å². The van der Waals surface area contributed by atoms with Gasteiger partial charge in [-0.1, -0.05) is 19.8 Å². The Kier molecular flexibility index (Phi) is 2.87. The van der Waals surface area contributed by atoms with Gasteiger partial charge in [0.25, 0.3) is 0 Å². The van der Waals surface area contributed by atoms with E-state index >= 15 is 0 Å². The van der Waals surface area contributed by atoms with Gasteiger partial charge < -0.3 is 9.67 Å². The summed E-state index contributed by atoms with van der Waals surface area (Å²) in [6.07, 6.45) is 7.88. The Bertz CT molecular complexity index is 291. The minimum Gasteiger partial charge on any atom is -0.387 e. The number of aromatic nitrogens is 2. The Morgan fingerprint density at radius 2 is 2.43 bits per heavy atom. The Hall–Kier alpha value is -0.830. The summed E-state index contributed by atoms with van der Waals surface area (Å²) in [7, 11) is 0. The molecule has 3 heteroatoms. The van der Waals surface area contributed by atoms with E-state index < -0.39 is 0 Å². The molecule has 0 saturated heterocycles. The van der Waals surface area contributed by atoms with Crippen molar-refractivity contribution >= 4 is 0 Å². The monoisotopic (exact) mass is 194 g/mol. The lowest BCUT2D eigenvalue weighted by molar-refractivity contribution is 0.151. The van der Waals surface area contributed by atoms with Crippen LogP contribution in [-0.2, 0) is 6.54 Å². The highest BCUT2D eigenvalue weighted by Gasteiger charge is 2.26. The van der Waals surface area contributed by atoms with Gasteiger partial charge in [-0.2, -0.15) is 0 Å². The van der Waals surface area contributed by atoms with Crippen LogP contribution >= 0.6 is 0 Å². The fraction of sp³-hybridized carbons (Fsp3) is 0.727. The van der Waals surface area contributed by atoms with Crippen molar-refractivity contribution in [3.05, 3.63) is 18.2 Å². The molecule has 2 rings (SSSR count). The molecule has 0 amide bonds. The van der Waals surface area contributed by atoms with E-state index in [-0.39, 0.29) is 6.10 Å². The van der Waals surface area contributed by atoms with E-state index in [4.69, 9.17) is 0 Å². The van der Waals surface area contributed by atoms with Gasteiger partial charge in [0.15, 0.2) is 0 Å². The van der Waals surface area contributed by atoms with E-state index in [0.717, 1.165) is 31.0 Å². The number of imidazole rings is 1. The molecule has 3 nitrogen and oxygen atoms in total. The van der Waals surface area contributed by atoms with Crippen LogP contribution in [0.5, 0.6) is 0 Å². The normalized spacial score (nSPS) is 18.4. The molecule has 0 aliphatic heterocycles. The van der Waals surface area contributed by atoms with Gasteiger partial charge in [0.1, 0.15) is 0 Å². The smallest absolute Gasteiger partial charge is 0.0958 e. The van der Waals surface area contributed by atoms with Crippen molar-refractivity contribution in [1.29, 1.82) is 0 Å². The highest BCUT2D eigenvalue weighted by Crippen LogP contribution is 2.37. The zero-order valence-corrected chi connectivity index (χ0v) is 8.69. The molecule has 0 spiro atoms. The standard InChI is InChI=1S/C11H18N2O/c1-2-5-13-8-12-7-10(13)11(14)6-9-3-4-9/h7-9,11,14H,2-6H2,1H3. The number of hydrogen-bond acceptors (Lipinski definition) is 2. The predicted molar refractivity (Wildman–Crippen MR) is 54.8 cm³/mol. The summed E-state index contributed by atoms with van der Waals surface area (Å²) in [5.41, 5.74) is 0.985. The summed E-state index contributed by atoms with van der Waals surface area (Å²) in [6.45, 7) is 3.09. The van der Waals surface area contributed by atoms with Gasteiger partial charge in [0, 0.05) is 6.54 Å². The molecule has 1 aromatic rings. The third kappa shape index (κ3) is 2.15. The lowest BCUT2D eigenvalue weighted by Gasteiger charge is -2.12. The summed E-state index contributed by atoms with van der Waals surface area (Å²) in [5, 5.41) is 9.97. The molecule has 1 N–H and O–H groups in total. The maximum absolute atomic E-state index is 9.97. The minimum absolute atomic E-state index is 0.309. The summed E-state index contributed by atoms with van der Waals surface area (Å²) in [4.78, 5) is 4.09. The molecule has 78 valence electrons. The van der Waals surface area contributed by atoms with Crippen LogP contribution in [0.4, 0.5) is 0 Å². The number of nitrogens with zero attached hydrogens (tertiary/aromatic N) is 2. The predicted octanol–water partition coefficient (Wildman–Crippen LogP) is 2.13. The number of aliphatic hydroxyl groups is 1. The minimum atomic E-state index is -0.309. The average molecular weight is 194 g/mol. The van der Waals surface area contributed by atoms with Crippen molar-refractivity contribution < 1.29 is 5.11 Å². The fourth-order valence-corrected chi connectivity index (χ4v) is 1.83. The van der Waals surface area contributed by atoms with Crippen molar-refractivity contribution in [2.45, 2.75) is 45.3 Å². The van der Waals surface area contributed by atoms with E-state index in [1.165, 1.54) is 12.8 Å². The zero-order valence-electron chi connectivity index (χ0n) is 8.69. The molecule has 1 saturated carbocycles. The second-order valence-electron chi connectivity index (χ2n) is 4.21. The van der Waals surface area contributed by atoms with Gasteiger partial charge >= 0.3 is 0 Å². The molecule has 1 aliphatic carbocycles. The lowest BCUT2D eigenvalue weighted by atomic mass is 10.1. The SMILES string of the molecule is CCCn1cncc1C(O)CC1CC1. The molecule has 0 bridgehead atoms. The Morgan fingerprint density at radius 3 is 3.07 bits per heavy atom. The maximum Gasteiger partial charge on any atom is 0.0958 e. The topological polar surface area (TPSA) is 38.0 Å². The number of aliphatic hydroxyl groups excluding tert-OH is 1. The van der Waals surface area contributed by atoms with Crippen LogP contribution < -0.4 is 0 Å². The largest absolute Gasteiger partial charge is 0.387 e. The van der Waals surface area contributed by atoms with E-state index in [9.17, 15) is 5.11 Å². The second kappa shape index (κ2) is 4.13. The highest BCUT2D eigenvalue weighted by molar-refractivity contribution is 5.03. The van der Waals surface area contributed by atoms with Crippen LogP contribution in [0.1, 0.15) is 44.4 Å². The molecule has 1 aromatic heterocycles. The summed E-state index contributed by atoms with van der Waals surface area (Å²) in [6, 6.07) is 0. The van der Waals surface area contributed by atoms with Crippen molar-refractivity contribution in [3.8, 4) is 0 Å². The Balaban J connectivity index is 2.00. The van der Waals surface area contributed by atoms with Crippen LogP contribution in [0, 0.1) is 5.92 Å². The molecular weight excluding hydrogens is 176 g/mol. The molecule has 1 atom stereocenters. The number of hydrogen-bond donors (Lipinski definition) is 1. The van der Waals surface area contributed by atoms with E-state index in [2.05, 4.69) is 16.5 Å². The van der Waals surface area contributed by atoms with Gasteiger partial charge in [-0.25, -0.2) is 4.98 Å². The first-order valence-corrected chi connectivity index (χ1v) is 5.49. The maximum atomic E-state index is 9.97. The first kappa shape index (κ1) is 9.71. The van der Waals surface area contributed by atoms with Crippen molar-refractivity contribution in [2.24, 2.45) is 5.92 Å². The second-order valence-corrected chi connectivity index (χ2v) is 4.21. The lowest BCUT2D eigenvalue weighted by Crippen LogP contribution is -2.07. The first-order chi connectivity index (χ1) is 6.81. The van der Waals surface area contributed by atoms with Gasteiger partial charge in [0.2, 0.25) is 0 Å². The van der Waals surface area contributed by atoms with Gasteiger partial charge in [0.05, 0.1) is 24.3 Å². The van der Waals surface area contributed by atoms with Crippen LogP contribution in [0.3, 0.4) is 0 Å². The first-order valence-electron chi connectivity index (χ1n) is 5.49.